The maximum atomic E-state index is 15.3. The normalized spacial score (nSPS) is 11.6. The number of nitrogens with one attached hydrogen (secondary N) is 1. The summed E-state index contributed by atoms with van der Waals surface area (Å²) in [6, 6.07) is 13.5. The summed E-state index contributed by atoms with van der Waals surface area (Å²) in [7, 11) is -2.65. The van der Waals surface area contributed by atoms with Gasteiger partial charge in [-0.2, -0.15) is 0 Å². The number of rotatable bonds is 6. The molecule has 5 aromatic rings. The van der Waals surface area contributed by atoms with E-state index in [9.17, 15) is 17.6 Å². The summed E-state index contributed by atoms with van der Waals surface area (Å²) in [5.41, 5.74) is 0.928. The molecule has 0 aliphatic carbocycles. The van der Waals surface area contributed by atoms with E-state index in [1.54, 1.807) is 6.92 Å². The van der Waals surface area contributed by atoms with Crippen LogP contribution in [0.1, 0.15) is 5.56 Å². The van der Waals surface area contributed by atoms with Gasteiger partial charge in [-0.3, -0.25) is 9.36 Å². The van der Waals surface area contributed by atoms with E-state index in [0.29, 0.717) is 22.0 Å². The molecule has 0 atom stereocenters. The van der Waals surface area contributed by atoms with E-state index >= 15 is 4.39 Å². The lowest BCUT2D eigenvalue weighted by atomic mass is 10.0. The Labute approximate surface area is 209 Å². The van der Waals surface area contributed by atoms with Gasteiger partial charge in [0.15, 0.2) is 0 Å². The molecule has 3 aromatic carbocycles. The highest BCUT2D eigenvalue weighted by Crippen LogP contribution is 2.34. The number of halogens is 2. The van der Waals surface area contributed by atoms with Crippen molar-refractivity contribution in [3.8, 4) is 22.6 Å². The number of fused-ring (bicyclic) bond motifs is 1. The molecule has 0 aliphatic heterocycles. The molecule has 5 rings (SSSR count). The molecule has 0 amide bonds. The molecule has 2 aromatic heterocycles. The number of anilines is 1. The van der Waals surface area contributed by atoms with Gasteiger partial charge in [-0.25, -0.2) is 26.9 Å². The molecule has 0 bridgehead atoms. The van der Waals surface area contributed by atoms with Crippen LogP contribution in [0.4, 0.5) is 14.8 Å². The van der Waals surface area contributed by atoms with Crippen molar-refractivity contribution in [1.82, 2.24) is 9.55 Å². The van der Waals surface area contributed by atoms with Crippen molar-refractivity contribution < 1.29 is 26.4 Å². The van der Waals surface area contributed by atoms with Crippen LogP contribution in [0.5, 0.6) is 5.75 Å². The van der Waals surface area contributed by atoms with Crippen molar-refractivity contribution in [2.75, 3.05) is 11.8 Å². The third-order valence-electron chi connectivity index (χ3n) is 5.81. The molecule has 0 spiro atoms. The summed E-state index contributed by atoms with van der Waals surface area (Å²) in [6.45, 7) is 1.58. The number of ether oxygens (including phenoxy) is 1. The van der Waals surface area contributed by atoms with Crippen LogP contribution < -0.4 is 15.0 Å². The van der Waals surface area contributed by atoms with Crippen LogP contribution in [-0.4, -0.2) is 25.1 Å². The Bertz CT molecular complexity index is 1820. The number of benzene rings is 3. The van der Waals surface area contributed by atoms with E-state index in [1.165, 1.54) is 78.7 Å². The minimum absolute atomic E-state index is 0.0939. The number of oxazole rings is 1. The number of hydrogen-bond donors (Lipinski definition) is 1. The van der Waals surface area contributed by atoms with Gasteiger partial charge in [-0.05, 0) is 60.5 Å². The lowest BCUT2D eigenvalue weighted by Crippen LogP contribution is -2.19. The van der Waals surface area contributed by atoms with E-state index in [1.807, 2.05) is 0 Å². The van der Waals surface area contributed by atoms with Gasteiger partial charge in [0.1, 0.15) is 23.6 Å². The molecular weight excluding hydrogens is 504 g/mol. The molecule has 11 heteroatoms. The first-order valence-corrected chi connectivity index (χ1v) is 12.4. The predicted octanol–water partition coefficient (Wildman–Crippen LogP) is 5.04. The van der Waals surface area contributed by atoms with Gasteiger partial charge < -0.3 is 9.15 Å². The maximum Gasteiger partial charge on any atom is 0.308 e. The number of hydrogen-bond acceptors (Lipinski definition) is 6. The number of nitrogens with zero attached hydrogens (tertiary/aromatic N) is 2. The molecule has 0 fully saturated rings. The van der Waals surface area contributed by atoms with Crippen molar-refractivity contribution in [3.63, 3.8) is 0 Å². The molecule has 0 saturated carbocycles. The molecule has 0 radical (unpaired) electrons. The van der Waals surface area contributed by atoms with Crippen LogP contribution >= 0.6 is 0 Å². The van der Waals surface area contributed by atoms with Crippen LogP contribution in [0, 0.1) is 18.6 Å². The zero-order chi connectivity index (χ0) is 26.3. The van der Waals surface area contributed by atoms with Gasteiger partial charge in [-0.15, -0.1) is 0 Å². The predicted molar refractivity (Wildman–Crippen MR) is 133 cm³/mol. The molecule has 0 saturated heterocycles. The largest absolute Gasteiger partial charge is 0.495 e. The van der Waals surface area contributed by atoms with Crippen molar-refractivity contribution in [3.05, 3.63) is 101 Å². The smallest absolute Gasteiger partial charge is 0.308 e. The third-order valence-corrected chi connectivity index (χ3v) is 7.13. The van der Waals surface area contributed by atoms with Gasteiger partial charge in [0.05, 0.1) is 29.4 Å². The maximum absolute atomic E-state index is 15.3. The van der Waals surface area contributed by atoms with Crippen LogP contribution in [-0.2, 0) is 10.0 Å². The highest BCUT2D eigenvalue weighted by atomic mass is 32.2. The first kappa shape index (κ1) is 24.2. The SMILES string of the molecule is COc1cc(-c2ccc(F)c(C)c2)c(F)cc1-n1c(=O)ccc2cc(S(=O)(=O)Nc3ncco3)ccc21. The highest BCUT2D eigenvalue weighted by molar-refractivity contribution is 7.92. The van der Waals surface area contributed by atoms with Crippen molar-refractivity contribution in [1.29, 1.82) is 0 Å². The fraction of sp³-hybridized carbons (Fsp3) is 0.0769. The Morgan fingerprint density at radius 3 is 2.51 bits per heavy atom. The van der Waals surface area contributed by atoms with Crippen LogP contribution in [0.25, 0.3) is 27.7 Å². The fourth-order valence-electron chi connectivity index (χ4n) is 4.00. The second kappa shape index (κ2) is 9.17. The van der Waals surface area contributed by atoms with Gasteiger partial charge in [0, 0.05) is 23.1 Å². The molecule has 2 heterocycles. The quantitative estimate of drug-likeness (QED) is 0.334. The molecular formula is C26H19F2N3O5S. The van der Waals surface area contributed by atoms with Crippen molar-refractivity contribution in [2.24, 2.45) is 0 Å². The second-order valence-electron chi connectivity index (χ2n) is 8.14. The van der Waals surface area contributed by atoms with E-state index in [-0.39, 0.29) is 27.9 Å². The number of aromatic nitrogens is 2. The summed E-state index contributed by atoms with van der Waals surface area (Å²) in [4.78, 5) is 16.6. The first-order chi connectivity index (χ1) is 17.7. The lowest BCUT2D eigenvalue weighted by molar-refractivity contribution is 0.412. The standard InChI is InChI=1S/C26H19F2N3O5S/c1-15-11-16(3-6-20(15)27)19-13-24(35-2)23(14-21(19)28)31-22-7-5-18(12-17(22)4-8-25(31)32)37(33,34)30-26-29-9-10-36-26/h3-14H,1-2H3,(H,29,30). The molecule has 1 N–H and O–H groups in total. The molecule has 0 unspecified atom stereocenters. The fourth-order valence-corrected chi connectivity index (χ4v) is 4.98. The topological polar surface area (TPSA) is 103 Å². The second-order valence-corrected chi connectivity index (χ2v) is 9.82. The number of methoxy groups -OCH3 is 1. The number of sulfonamides is 1. The average molecular weight is 524 g/mol. The lowest BCUT2D eigenvalue weighted by Gasteiger charge is -2.17. The number of aryl methyl sites for hydroxylation is 1. The molecule has 0 aliphatic rings. The van der Waals surface area contributed by atoms with Gasteiger partial charge in [0.2, 0.25) is 0 Å². The monoisotopic (exact) mass is 523 g/mol. The molecule has 188 valence electrons. The number of pyridine rings is 1. The van der Waals surface area contributed by atoms with Gasteiger partial charge in [-0.1, -0.05) is 6.07 Å². The van der Waals surface area contributed by atoms with Gasteiger partial charge >= 0.3 is 6.01 Å². The summed E-state index contributed by atoms with van der Waals surface area (Å²) < 4.78 is 68.5. The Kier molecular flexibility index (Phi) is 6.00. The average Bonchev–Trinajstić information content (AvgIpc) is 3.37. The van der Waals surface area contributed by atoms with Crippen molar-refractivity contribution in [2.45, 2.75) is 11.8 Å². The Balaban J connectivity index is 1.64. The van der Waals surface area contributed by atoms with Crippen molar-refractivity contribution >= 4 is 26.9 Å². The van der Waals surface area contributed by atoms with E-state index < -0.39 is 27.2 Å². The summed E-state index contributed by atoms with van der Waals surface area (Å²) in [6.07, 6.45) is 2.53. The van der Waals surface area contributed by atoms with Crippen LogP contribution in [0.3, 0.4) is 0 Å². The third kappa shape index (κ3) is 4.45. The van der Waals surface area contributed by atoms with E-state index in [4.69, 9.17) is 9.15 Å². The zero-order valence-electron chi connectivity index (χ0n) is 19.5. The summed E-state index contributed by atoms with van der Waals surface area (Å²) >= 11 is 0. The summed E-state index contributed by atoms with van der Waals surface area (Å²) in [5.74, 6) is -0.873. The van der Waals surface area contributed by atoms with E-state index in [0.717, 1.165) is 6.07 Å². The van der Waals surface area contributed by atoms with Crippen LogP contribution in [0.2, 0.25) is 0 Å². The highest BCUT2D eigenvalue weighted by Gasteiger charge is 2.20. The molecule has 37 heavy (non-hydrogen) atoms. The van der Waals surface area contributed by atoms with Crippen LogP contribution in [0.15, 0.2) is 87.2 Å². The summed E-state index contributed by atoms with van der Waals surface area (Å²) in [5, 5.41) is 0.399. The van der Waals surface area contributed by atoms with E-state index in [2.05, 4.69) is 9.71 Å². The molecule has 8 nitrogen and oxygen atoms in total. The van der Waals surface area contributed by atoms with Gasteiger partial charge in [0.25, 0.3) is 15.6 Å². The Hall–Kier alpha value is -4.51. The Morgan fingerprint density at radius 2 is 1.81 bits per heavy atom. The minimum atomic E-state index is -4.03. The minimum Gasteiger partial charge on any atom is -0.495 e. The zero-order valence-corrected chi connectivity index (χ0v) is 20.3. The Morgan fingerprint density at radius 1 is 1.00 bits per heavy atom. The first-order valence-electron chi connectivity index (χ1n) is 10.9.